The van der Waals surface area contributed by atoms with Crippen molar-refractivity contribution in [3.8, 4) is 6.07 Å². The minimum Gasteiger partial charge on any atom is -0.398 e. The van der Waals surface area contributed by atoms with Crippen molar-refractivity contribution in [3.05, 3.63) is 76.6 Å². The molecule has 36 heavy (non-hydrogen) atoms. The molecule has 1 amide bonds. The summed E-state index contributed by atoms with van der Waals surface area (Å²) in [6, 6.07) is 14.1. The lowest BCUT2D eigenvalue weighted by Gasteiger charge is -2.26. The fourth-order valence-corrected chi connectivity index (χ4v) is 3.95. The van der Waals surface area contributed by atoms with E-state index in [-0.39, 0.29) is 22.7 Å². The van der Waals surface area contributed by atoms with Crippen LogP contribution >= 0.6 is 0 Å². The summed E-state index contributed by atoms with van der Waals surface area (Å²) in [6.45, 7) is 7.78. The third-order valence-electron chi connectivity index (χ3n) is 6.21. The molecule has 0 atom stereocenters. The lowest BCUT2D eigenvalue weighted by Crippen LogP contribution is -2.37. The van der Waals surface area contributed by atoms with Gasteiger partial charge in [-0.25, -0.2) is 9.97 Å². The van der Waals surface area contributed by atoms with E-state index in [2.05, 4.69) is 21.4 Å². The van der Waals surface area contributed by atoms with Gasteiger partial charge in [0.25, 0.3) is 5.91 Å². The summed E-state index contributed by atoms with van der Waals surface area (Å²) in [5, 5.41) is 12.4. The number of anilines is 3. The van der Waals surface area contributed by atoms with E-state index in [1.165, 1.54) is 12.3 Å². The van der Waals surface area contributed by atoms with Crippen molar-refractivity contribution in [1.82, 2.24) is 9.97 Å². The van der Waals surface area contributed by atoms with Gasteiger partial charge in [0.15, 0.2) is 5.78 Å². The van der Waals surface area contributed by atoms with E-state index in [1.54, 1.807) is 51.1 Å². The number of nitrogens with one attached hydrogen (secondary N) is 1. The lowest BCUT2D eigenvalue weighted by molar-refractivity contribution is 0.102. The first-order valence-electron chi connectivity index (χ1n) is 11.6. The molecule has 9 heteroatoms. The number of nitrogen functional groups attached to an aromatic ring is 1. The standard InChI is InChI=1S/C27H28N6O3/c1-17-7-8-20(29)22(24(34)18-5-4-6-19(15-18)27(2,3)16-28)23(17)32-25(35)21-9-10-30-26(31-21)33-11-13-36-14-12-33/h4-10,15H,11-14,29H2,1-3H3,(H,32,35). The number of nitrogens with zero attached hydrogens (tertiary/aromatic N) is 4. The molecule has 0 bridgehead atoms. The fourth-order valence-electron chi connectivity index (χ4n) is 3.95. The van der Waals surface area contributed by atoms with Gasteiger partial charge in [0.05, 0.1) is 35.9 Å². The molecule has 3 aromatic rings. The number of ketones is 1. The lowest BCUT2D eigenvalue weighted by atomic mass is 9.84. The van der Waals surface area contributed by atoms with E-state index in [9.17, 15) is 14.9 Å². The van der Waals surface area contributed by atoms with Crippen LogP contribution in [0.15, 0.2) is 48.7 Å². The Bertz CT molecular complexity index is 1360. The van der Waals surface area contributed by atoms with E-state index in [0.29, 0.717) is 54.6 Å². The van der Waals surface area contributed by atoms with Crippen molar-refractivity contribution in [1.29, 1.82) is 5.26 Å². The number of ether oxygens (including phenoxy) is 1. The summed E-state index contributed by atoms with van der Waals surface area (Å²) < 4.78 is 5.37. The number of hydrogen-bond donors (Lipinski definition) is 2. The van der Waals surface area contributed by atoms with Crippen molar-refractivity contribution < 1.29 is 14.3 Å². The topological polar surface area (TPSA) is 134 Å². The van der Waals surface area contributed by atoms with Gasteiger partial charge < -0.3 is 20.7 Å². The zero-order valence-electron chi connectivity index (χ0n) is 20.5. The Labute approximate surface area is 209 Å². The number of aryl methyl sites for hydroxylation is 1. The van der Waals surface area contributed by atoms with E-state index in [4.69, 9.17) is 10.5 Å². The summed E-state index contributed by atoms with van der Waals surface area (Å²) in [5.74, 6) is -0.378. The Morgan fingerprint density at radius 2 is 1.92 bits per heavy atom. The maximum Gasteiger partial charge on any atom is 0.274 e. The molecule has 1 saturated heterocycles. The molecule has 2 aromatic carbocycles. The number of carbonyl (C=O) groups excluding carboxylic acids is 2. The normalized spacial score (nSPS) is 13.7. The smallest absolute Gasteiger partial charge is 0.274 e. The molecule has 1 aromatic heterocycles. The zero-order chi connectivity index (χ0) is 25.9. The number of amides is 1. The third-order valence-corrected chi connectivity index (χ3v) is 6.21. The van der Waals surface area contributed by atoms with Crippen LogP contribution in [0.4, 0.5) is 17.3 Å². The second-order valence-corrected chi connectivity index (χ2v) is 9.16. The number of nitrogens with two attached hydrogens (primary N) is 1. The molecular weight excluding hydrogens is 456 g/mol. The van der Waals surface area contributed by atoms with E-state index >= 15 is 0 Å². The first-order valence-corrected chi connectivity index (χ1v) is 11.6. The Morgan fingerprint density at radius 1 is 1.17 bits per heavy atom. The Balaban J connectivity index is 1.67. The molecule has 1 aliphatic heterocycles. The van der Waals surface area contributed by atoms with Crippen molar-refractivity contribution >= 4 is 29.0 Å². The zero-order valence-corrected chi connectivity index (χ0v) is 20.5. The highest BCUT2D eigenvalue weighted by Gasteiger charge is 2.25. The van der Waals surface area contributed by atoms with Crippen molar-refractivity contribution in [2.24, 2.45) is 0 Å². The third kappa shape index (κ3) is 5.04. The molecule has 0 unspecified atom stereocenters. The predicted octanol–water partition coefficient (Wildman–Crippen LogP) is 3.49. The maximum atomic E-state index is 13.6. The number of rotatable bonds is 6. The number of morpholine rings is 1. The van der Waals surface area contributed by atoms with E-state index < -0.39 is 11.3 Å². The average Bonchev–Trinajstić information content (AvgIpc) is 2.91. The van der Waals surface area contributed by atoms with Gasteiger partial charge in [0, 0.05) is 30.5 Å². The number of aromatic nitrogens is 2. The second-order valence-electron chi connectivity index (χ2n) is 9.16. The van der Waals surface area contributed by atoms with Crippen LogP contribution in [-0.2, 0) is 10.2 Å². The van der Waals surface area contributed by atoms with Gasteiger partial charge in [-0.2, -0.15) is 5.26 Å². The van der Waals surface area contributed by atoms with Gasteiger partial charge in [-0.1, -0.05) is 24.3 Å². The van der Waals surface area contributed by atoms with Crippen LogP contribution in [0.25, 0.3) is 0 Å². The van der Waals surface area contributed by atoms with Gasteiger partial charge in [-0.15, -0.1) is 0 Å². The molecule has 0 radical (unpaired) electrons. The van der Waals surface area contributed by atoms with Crippen LogP contribution in [0.5, 0.6) is 0 Å². The number of carbonyl (C=O) groups is 2. The maximum absolute atomic E-state index is 13.6. The van der Waals surface area contributed by atoms with Gasteiger partial charge in [0.1, 0.15) is 5.69 Å². The number of benzene rings is 2. The van der Waals surface area contributed by atoms with Gasteiger partial charge in [-0.3, -0.25) is 9.59 Å². The monoisotopic (exact) mass is 484 g/mol. The molecule has 1 fully saturated rings. The highest BCUT2D eigenvalue weighted by molar-refractivity contribution is 6.18. The number of nitriles is 1. The van der Waals surface area contributed by atoms with Crippen LogP contribution in [0, 0.1) is 18.3 Å². The highest BCUT2D eigenvalue weighted by Crippen LogP contribution is 2.31. The molecule has 0 saturated carbocycles. The van der Waals surface area contributed by atoms with Gasteiger partial charge >= 0.3 is 0 Å². The van der Waals surface area contributed by atoms with E-state index in [0.717, 1.165) is 0 Å². The first-order chi connectivity index (χ1) is 17.2. The van der Waals surface area contributed by atoms with Crippen molar-refractivity contribution in [2.75, 3.05) is 42.3 Å². The Hall–Kier alpha value is -4.29. The molecule has 1 aliphatic rings. The minimum atomic E-state index is -0.767. The Morgan fingerprint density at radius 3 is 2.64 bits per heavy atom. The van der Waals surface area contributed by atoms with Crippen molar-refractivity contribution in [2.45, 2.75) is 26.2 Å². The van der Waals surface area contributed by atoms with Crippen LogP contribution in [0.2, 0.25) is 0 Å². The number of hydrogen-bond acceptors (Lipinski definition) is 8. The Kier molecular flexibility index (Phi) is 6.99. The average molecular weight is 485 g/mol. The molecule has 4 rings (SSSR count). The van der Waals surface area contributed by atoms with Gasteiger partial charge in [-0.05, 0) is 50.1 Å². The highest BCUT2D eigenvalue weighted by atomic mass is 16.5. The summed E-state index contributed by atoms with van der Waals surface area (Å²) in [6.07, 6.45) is 1.54. The molecule has 9 nitrogen and oxygen atoms in total. The molecule has 0 aliphatic carbocycles. The van der Waals surface area contributed by atoms with Crippen LogP contribution < -0.4 is 16.0 Å². The summed E-state index contributed by atoms with van der Waals surface area (Å²) in [4.78, 5) is 37.5. The van der Waals surface area contributed by atoms with Crippen LogP contribution in [0.1, 0.15) is 51.4 Å². The summed E-state index contributed by atoms with van der Waals surface area (Å²) in [7, 11) is 0. The second kappa shape index (κ2) is 10.1. The van der Waals surface area contributed by atoms with Crippen LogP contribution in [-0.4, -0.2) is 48.0 Å². The van der Waals surface area contributed by atoms with Crippen LogP contribution in [0.3, 0.4) is 0 Å². The first kappa shape index (κ1) is 24.8. The predicted molar refractivity (Wildman–Crippen MR) is 137 cm³/mol. The largest absolute Gasteiger partial charge is 0.398 e. The molecule has 0 spiro atoms. The fraction of sp³-hybridized carbons (Fsp3) is 0.296. The van der Waals surface area contributed by atoms with Gasteiger partial charge in [0.2, 0.25) is 5.95 Å². The quantitative estimate of drug-likeness (QED) is 0.401. The van der Waals surface area contributed by atoms with Crippen molar-refractivity contribution in [3.63, 3.8) is 0 Å². The SMILES string of the molecule is Cc1ccc(N)c(C(=O)c2cccc(C(C)(C)C#N)c2)c1NC(=O)c1ccnc(N2CCOCC2)n1. The molecule has 3 N–H and O–H groups in total. The molecular formula is C27H28N6O3. The summed E-state index contributed by atoms with van der Waals surface area (Å²) >= 11 is 0. The summed E-state index contributed by atoms with van der Waals surface area (Å²) in [5.41, 5.74) is 8.17. The molecule has 184 valence electrons. The molecule has 2 heterocycles. The van der Waals surface area contributed by atoms with E-state index in [1.807, 2.05) is 11.0 Å². The minimum absolute atomic E-state index is 0.171.